The molecule has 0 aliphatic carbocycles. The molecule has 148 valence electrons. The summed E-state index contributed by atoms with van der Waals surface area (Å²) < 4.78 is 67.8. The van der Waals surface area contributed by atoms with Crippen molar-refractivity contribution in [3.05, 3.63) is 46.2 Å². The van der Waals surface area contributed by atoms with Crippen LogP contribution in [0.3, 0.4) is 0 Å². The summed E-state index contributed by atoms with van der Waals surface area (Å²) in [7, 11) is -4.11. The lowest BCUT2D eigenvalue weighted by molar-refractivity contribution is 0.102. The van der Waals surface area contributed by atoms with E-state index in [0.29, 0.717) is 0 Å². The van der Waals surface area contributed by atoms with Gasteiger partial charge in [-0.05, 0) is 32.9 Å². The van der Waals surface area contributed by atoms with Crippen LogP contribution in [0.5, 0.6) is 0 Å². The van der Waals surface area contributed by atoms with Gasteiger partial charge in [0.25, 0.3) is 5.91 Å². The lowest BCUT2D eigenvalue weighted by Crippen LogP contribution is -2.40. The molecule has 2 aromatic rings. The maximum atomic E-state index is 13.9. The molecule has 0 fully saturated rings. The molecule has 0 bridgehead atoms. The Kier molecular flexibility index (Phi) is 5.93. The van der Waals surface area contributed by atoms with Gasteiger partial charge < -0.3 is 10.3 Å². The number of aromatic amines is 1. The smallest absolute Gasteiger partial charge is 0.272 e. The minimum Gasteiger partial charge on any atom is -0.356 e. The number of anilines is 1. The van der Waals surface area contributed by atoms with E-state index < -0.39 is 66.6 Å². The van der Waals surface area contributed by atoms with Crippen molar-refractivity contribution in [2.24, 2.45) is 0 Å². The van der Waals surface area contributed by atoms with E-state index in [0.717, 1.165) is 18.3 Å². The number of aromatic nitrogens is 1. The third-order valence-electron chi connectivity index (χ3n) is 3.32. The van der Waals surface area contributed by atoms with Crippen molar-refractivity contribution >= 4 is 33.2 Å². The molecule has 3 N–H and O–H groups in total. The number of carbonyl (C=O) groups excluding carboxylic acids is 1. The van der Waals surface area contributed by atoms with E-state index in [4.69, 9.17) is 11.6 Å². The molecule has 0 saturated carbocycles. The normalized spacial score (nSPS) is 12.3. The van der Waals surface area contributed by atoms with Crippen LogP contribution in [-0.2, 0) is 16.7 Å². The standard InChI is InChI=1S/C16H17ClF3N3O3S/c1-16(2,3)23-27(25,26)11-7-21-14(8(11)6-18)15(24)22-10-5-4-9(19)12(17)13(10)20/h4-5,7,21,23H,6H2,1-3H3,(H,22,24). The van der Waals surface area contributed by atoms with Crippen LogP contribution in [0, 0.1) is 11.6 Å². The van der Waals surface area contributed by atoms with Gasteiger partial charge >= 0.3 is 0 Å². The Labute approximate surface area is 159 Å². The Morgan fingerprint density at radius 3 is 2.44 bits per heavy atom. The first-order valence-corrected chi connectivity index (χ1v) is 9.48. The third-order valence-corrected chi connectivity index (χ3v) is 5.49. The van der Waals surface area contributed by atoms with Gasteiger partial charge in [0.15, 0.2) is 5.82 Å². The molecule has 0 aliphatic rings. The fourth-order valence-electron chi connectivity index (χ4n) is 2.28. The number of H-pyrrole nitrogens is 1. The molecular weight excluding hydrogens is 407 g/mol. The summed E-state index contributed by atoms with van der Waals surface area (Å²) in [6.45, 7) is 3.53. The van der Waals surface area contributed by atoms with Crippen LogP contribution < -0.4 is 10.0 Å². The summed E-state index contributed by atoms with van der Waals surface area (Å²) in [5, 5.41) is 1.29. The van der Waals surface area contributed by atoms with Gasteiger partial charge in [0.05, 0.1) is 5.69 Å². The summed E-state index contributed by atoms with van der Waals surface area (Å²) in [5.74, 6) is -3.24. The first-order valence-electron chi connectivity index (χ1n) is 7.62. The van der Waals surface area contributed by atoms with Crippen LogP contribution in [0.4, 0.5) is 18.9 Å². The molecule has 11 heteroatoms. The van der Waals surface area contributed by atoms with E-state index in [1.54, 1.807) is 20.8 Å². The lowest BCUT2D eigenvalue weighted by atomic mass is 10.1. The van der Waals surface area contributed by atoms with Crippen LogP contribution in [0.2, 0.25) is 5.02 Å². The molecular formula is C16H17ClF3N3O3S. The second kappa shape index (κ2) is 7.53. The zero-order chi connectivity index (χ0) is 20.6. The number of sulfonamides is 1. The molecule has 1 amide bonds. The van der Waals surface area contributed by atoms with Gasteiger partial charge in [-0.2, -0.15) is 0 Å². The summed E-state index contributed by atoms with van der Waals surface area (Å²) in [6, 6.07) is 1.78. The fourth-order valence-corrected chi connectivity index (χ4v) is 4.05. The number of alkyl halides is 1. The SMILES string of the molecule is CC(C)(C)NS(=O)(=O)c1c[nH]c(C(=O)Nc2ccc(F)c(Cl)c2F)c1CF. The zero-order valence-corrected chi connectivity index (χ0v) is 16.2. The van der Waals surface area contributed by atoms with Crippen LogP contribution >= 0.6 is 11.6 Å². The van der Waals surface area contributed by atoms with Gasteiger partial charge in [-0.15, -0.1) is 0 Å². The van der Waals surface area contributed by atoms with Crippen molar-refractivity contribution in [1.82, 2.24) is 9.71 Å². The van der Waals surface area contributed by atoms with Crippen LogP contribution in [-0.4, -0.2) is 24.8 Å². The second-order valence-corrected chi connectivity index (χ2v) is 8.70. The minimum absolute atomic E-state index is 0.411. The Balaban J connectivity index is 2.39. The van der Waals surface area contributed by atoms with Crippen molar-refractivity contribution in [2.45, 2.75) is 37.9 Å². The highest BCUT2D eigenvalue weighted by Crippen LogP contribution is 2.27. The molecule has 0 atom stereocenters. The summed E-state index contributed by atoms with van der Waals surface area (Å²) in [6.07, 6.45) is 0.964. The molecule has 1 aromatic carbocycles. The molecule has 1 heterocycles. The molecule has 0 spiro atoms. The van der Waals surface area contributed by atoms with Gasteiger partial charge in [-0.1, -0.05) is 11.6 Å². The average molecular weight is 424 g/mol. The summed E-state index contributed by atoms with van der Waals surface area (Å²) >= 11 is 5.44. The number of hydrogen-bond acceptors (Lipinski definition) is 3. The number of halogens is 4. The average Bonchev–Trinajstić information content (AvgIpc) is 2.98. The number of nitrogens with one attached hydrogen (secondary N) is 3. The van der Waals surface area contributed by atoms with Gasteiger partial charge in [-0.3, -0.25) is 4.79 Å². The number of hydrogen-bond donors (Lipinski definition) is 3. The van der Waals surface area contributed by atoms with Gasteiger partial charge in [0, 0.05) is 17.3 Å². The Morgan fingerprint density at radius 2 is 1.89 bits per heavy atom. The lowest BCUT2D eigenvalue weighted by Gasteiger charge is -2.20. The summed E-state index contributed by atoms with van der Waals surface area (Å²) in [5.41, 5.74) is -2.10. The van der Waals surface area contributed by atoms with E-state index in [9.17, 15) is 26.4 Å². The molecule has 6 nitrogen and oxygen atoms in total. The number of carbonyl (C=O) groups is 1. The number of amides is 1. The van der Waals surface area contributed by atoms with E-state index in [2.05, 4.69) is 15.0 Å². The van der Waals surface area contributed by atoms with E-state index >= 15 is 0 Å². The highest BCUT2D eigenvalue weighted by molar-refractivity contribution is 7.89. The fraction of sp³-hybridized carbons (Fsp3) is 0.312. The van der Waals surface area contributed by atoms with Crippen LogP contribution in [0.15, 0.2) is 23.2 Å². The zero-order valence-electron chi connectivity index (χ0n) is 14.6. The number of benzene rings is 1. The van der Waals surface area contributed by atoms with Crippen molar-refractivity contribution in [3.63, 3.8) is 0 Å². The maximum absolute atomic E-state index is 13.9. The second-order valence-electron chi connectivity index (χ2n) is 6.67. The van der Waals surface area contributed by atoms with Crippen LogP contribution in [0.1, 0.15) is 36.8 Å². The van der Waals surface area contributed by atoms with Gasteiger partial charge in [0.1, 0.15) is 28.1 Å². The van der Waals surface area contributed by atoms with Gasteiger partial charge in [-0.25, -0.2) is 26.3 Å². The Morgan fingerprint density at radius 1 is 1.26 bits per heavy atom. The first kappa shape index (κ1) is 21.3. The van der Waals surface area contributed by atoms with Crippen LogP contribution in [0.25, 0.3) is 0 Å². The van der Waals surface area contributed by atoms with Gasteiger partial charge in [0.2, 0.25) is 10.0 Å². The quantitative estimate of drug-likeness (QED) is 0.640. The predicted octanol–water partition coefficient (Wildman–Crippen LogP) is 3.74. The molecule has 0 aliphatic heterocycles. The first-order chi connectivity index (χ1) is 12.4. The molecule has 0 unspecified atom stereocenters. The Hall–Kier alpha value is -2.04. The molecule has 27 heavy (non-hydrogen) atoms. The predicted molar refractivity (Wildman–Crippen MR) is 95.0 cm³/mol. The van der Waals surface area contributed by atoms with Crippen molar-refractivity contribution in [1.29, 1.82) is 0 Å². The monoisotopic (exact) mass is 423 g/mol. The van der Waals surface area contributed by atoms with Crippen molar-refractivity contribution < 1.29 is 26.4 Å². The van der Waals surface area contributed by atoms with E-state index in [-0.39, 0.29) is 0 Å². The topological polar surface area (TPSA) is 91.1 Å². The van der Waals surface area contributed by atoms with Crippen molar-refractivity contribution in [3.8, 4) is 0 Å². The highest BCUT2D eigenvalue weighted by atomic mass is 35.5. The number of rotatable bonds is 5. The minimum atomic E-state index is -4.11. The Bertz CT molecular complexity index is 985. The third kappa shape index (κ3) is 4.63. The van der Waals surface area contributed by atoms with E-state index in [1.165, 1.54) is 0 Å². The molecule has 2 rings (SSSR count). The van der Waals surface area contributed by atoms with Crippen molar-refractivity contribution in [2.75, 3.05) is 5.32 Å². The van der Waals surface area contributed by atoms with E-state index in [1.807, 2.05) is 0 Å². The summed E-state index contributed by atoms with van der Waals surface area (Å²) in [4.78, 5) is 14.3. The maximum Gasteiger partial charge on any atom is 0.272 e. The molecule has 1 aromatic heterocycles. The molecule has 0 saturated heterocycles. The largest absolute Gasteiger partial charge is 0.356 e. The highest BCUT2D eigenvalue weighted by Gasteiger charge is 2.29. The molecule has 0 radical (unpaired) electrons.